The van der Waals surface area contributed by atoms with Crippen LogP contribution >= 0.6 is 22.9 Å². The molecule has 1 N–H and O–H groups in total. The van der Waals surface area contributed by atoms with E-state index in [9.17, 15) is 0 Å². The average molecular weight is 298 g/mol. The Bertz CT molecular complexity index is 519. The second-order valence-corrected chi connectivity index (χ2v) is 5.69. The standard InChI is InChI=1S/C14H20ClN3S/c1-4-12-14(15)13(18(5-2)17-12)8-16-10(3)11-6-7-19-9-11/h6-7,9-10,16H,4-5,8H2,1-3H3. The summed E-state index contributed by atoms with van der Waals surface area (Å²) in [7, 11) is 0. The third-order valence-electron chi connectivity index (χ3n) is 3.31. The van der Waals surface area contributed by atoms with Gasteiger partial charge in [-0.25, -0.2) is 0 Å². The molecule has 0 aliphatic rings. The lowest BCUT2D eigenvalue weighted by Crippen LogP contribution is -2.20. The van der Waals surface area contributed by atoms with E-state index in [1.807, 2.05) is 4.68 Å². The smallest absolute Gasteiger partial charge is 0.0863 e. The van der Waals surface area contributed by atoms with Gasteiger partial charge in [0.25, 0.3) is 0 Å². The van der Waals surface area contributed by atoms with Crippen LogP contribution in [0, 0.1) is 0 Å². The Balaban J connectivity index is 2.08. The van der Waals surface area contributed by atoms with Gasteiger partial charge in [-0.1, -0.05) is 18.5 Å². The summed E-state index contributed by atoms with van der Waals surface area (Å²) >= 11 is 8.12. The van der Waals surface area contributed by atoms with Gasteiger partial charge in [-0.3, -0.25) is 4.68 Å². The number of halogens is 1. The predicted molar refractivity (Wildman–Crippen MR) is 81.9 cm³/mol. The zero-order valence-electron chi connectivity index (χ0n) is 11.6. The van der Waals surface area contributed by atoms with Crippen LogP contribution in [-0.2, 0) is 19.5 Å². The Morgan fingerprint density at radius 3 is 2.84 bits per heavy atom. The van der Waals surface area contributed by atoms with E-state index in [4.69, 9.17) is 11.6 Å². The van der Waals surface area contributed by atoms with Crippen LogP contribution in [0.1, 0.15) is 43.8 Å². The van der Waals surface area contributed by atoms with Gasteiger partial charge in [-0.2, -0.15) is 16.4 Å². The first-order valence-corrected chi connectivity index (χ1v) is 7.98. The summed E-state index contributed by atoms with van der Waals surface area (Å²) < 4.78 is 1.99. The number of aromatic nitrogens is 2. The van der Waals surface area contributed by atoms with E-state index in [1.54, 1.807) is 11.3 Å². The number of aryl methyl sites for hydroxylation is 2. The van der Waals surface area contributed by atoms with Crippen molar-refractivity contribution in [3.63, 3.8) is 0 Å². The minimum Gasteiger partial charge on any atom is -0.304 e. The number of hydrogen-bond donors (Lipinski definition) is 1. The predicted octanol–water partition coefficient (Wildman–Crippen LogP) is 4.03. The lowest BCUT2D eigenvalue weighted by atomic mass is 10.2. The molecular weight excluding hydrogens is 278 g/mol. The first-order valence-electron chi connectivity index (χ1n) is 6.66. The first kappa shape index (κ1) is 14.6. The van der Waals surface area contributed by atoms with E-state index in [-0.39, 0.29) is 0 Å². The third kappa shape index (κ3) is 3.19. The highest BCUT2D eigenvalue weighted by atomic mass is 35.5. The quantitative estimate of drug-likeness (QED) is 0.872. The van der Waals surface area contributed by atoms with Crippen molar-refractivity contribution < 1.29 is 0 Å². The fourth-order valence-corrected chi connectivity index (χ4v) is 3.17. The highest BCUT2D eigenvalue weighted by molar-refractivity contribution is 7.07. The Labute approximate surface area is 123 Å². The number of nitrogens with zero attached hydrogens (tertiary/aromatic N) is 2. The van der Waals surface area contributed by atoms with Crippen molar-refractivity contribution in [2.24, 2.45) is 0 Å². The van der Waals surface area contributed by atoms with Gasteiger partial charge in [-0.15, -0.1) is 0 Å². The molecule has 0 fully saturated rings. The minimum atomic E-state index is 0.326. The van der Waals surface area contributed by atoms with Gasteiger partial charge in [-0.05, 0) is 42.7 Å². The summed E-state index contributed by atoms with van der Waals surface area (Å²) in [5, 5.41) is 13.1. The van der Waals surface area contributed by atoms with Crippen LogP contribution in [-0.4, -0.2) is 9.78 Å². The SMILES string of the molecule is CCc1nn(CC)c(CNC(C)c2ccsc2)c1Cl. The molecule has 0 bridgehead atoms. The van der Waals surface area contributed by atoms with Gasteiger partial charge in [0.2, 0.25) is 0 Å². The molecule has 0 spiro atoms. The largest absolute Gasteiger partial charge is 0.304 e. The van der Waals surface area contributed by atoms with Crippen molar-refractivity contribution in [2.75, 3.05) is 0 Å². The molecule has 0 aliphatic carbocycles. The van der Waals surface area contributed by atoms with E-state index in [1.165, 1.54) is 5.56 Å². The second kappa shape index (κ2) is 6.55. The molecular formula is C14H20ClN3S. The topological polar surface area (TPSA) is 29.9 Å². The molecule has 104 valence electrons. The summed E-state index contributed by atoms with van der Waals surface area (Å²) in [5.74, 6) is 0. The number of thiophene rings is 1. The molecule has 1 atom stereocenters. The maximum absolute atomic E-state index is 6.40. The van der Waals surface area contributed by atoms with E-state index >= 15 is 0 Å². The summed E-state index contributed by atoms with van der Waals surface area (Å²) in [6, 6.07) is 2.48. The first-order chi connectivity index (χ1) is 9.17. The molecule has 0 aromatic carbocycles. The zero-order chi connectivity index (χ0) is 13.8. The molecule has 2 aromatic rings. The second-order valence-electron chi connectivity index (χ2n) is 4.54. The molecule has 0 radical (unpaired) electrons. The van der Waals surface area contributed by atoms with E-state index < -0.39 is 0 Å². The van der Waals surface area contributed by atoms with Crippen molar-refractivity contribution in [1.82, 2.24) is 15.1 Å². The number of rotatable bonds is 6. The van der Waals surface area contributed by atoms with Crippen LogP contribution in [0.3, 0.4) is 0 Å². The highest BCUT2D eigenvalue weighted by Crippen LogP contribution is 2.23. The van der Waals surface area contributed by atoms with Gasteiger partial charge < -0.3 is 5.32 Å². The van der Waals surface area contributed by atoms with Crippen molar-refractivity contribution in [3.8, 4) is 0 Å². The third-order valence-corrected chi connectivity index (χ3v) is 4.45. The zero-order valence-corrected chi connectivity index (χ0v) is 13.2. The van der Waals surface area contributed by atoms with Crippen molar-refractivity contribution in [2.45, 2.75) is 46.3 Å². The van der Waals surface area contributed by atoms with Crippen LogP contribution in [0.4, 0.5) is 0 Å². The van der Waals surface area contributed by atoms with E-state index in [0.717, 1.165) is 35.9 Å². The fourth-order valence-electron chi connectivity index (χ4n) is 2.08. The van der Waals surface area contributed by atoms with Crippen molar-refractivity contribution in [1.29, 1.82) is 0 Å². The minimum absolute atomic E-state index is 0.326. The molecule has 0 saturated heterocycles. The van der Waals surface area contributed by atoms with Gasteiger partial charge in [0.05, 0.1) is 16.4 Å². The maximum atomic E-state index is 6.40. The van der Waals surface area contributed by atoms with Crippen LogP contribution in [0.25, 0.3) is 0 Å². The van der Waals surface area contributed by atoms with E-state index in [0.29, 0.717) is 6.04 Å². The van der Waals surface area contributed by atoms with Crippen LogP contribution < -0.4 is 5.32 Å². The lowest BCUT2D eigenvalue weighted by Gasteiger charge is -2.13. The van der Waals surface area contributed by atoms with Gasteiger partial charge in [0.15, 0.2) is 0 Å². The molecule has 19 heavy (non-hydrogen) atoms. The normalized spacial score (nSPS) is 12.8. The monoisotopic (exact) mass is 297 g/mol. The Morgan fingerprint density at radius 2 is 2.26 bits per heavy atom. The molecule has 0 amide bonds. The molecule has 5 heteroatoms. The van der Waals surface area contributed by atoms with Crippen LogP contribution in [0.5, 0.6) is 0 Å². The summed E-state index contributed by atoms with van der Waals surface area (Å²) in [4.78, 5) is 0. The van der Waals surface area contributed by atoms with Crippen LogP contribution in [0.15, 0.2) is 16.8 Å². The molecule has 1 unspecified atom stereocenters. The molecule has 0 aliphatic heterocycles. The molecule has 0 saturated carbocycles. The van der Waals surface area contributed by atoms with E-state index in [2.05, 4.69) is 48.0 Å². The number of hydrogen-bond acceptors (Lipinski definition) is 3. The Hall–Kier alpha value is -0.840. The molecule has 2 heterocycles. The summed E-state index contributed by atoms with van der Waals surface area (Å²) in [6.07, 6.45) is 0.874. The average Bonchev–Trinajstić information content (AvgIpc) is 3.04. The van der Waals surface area contributed by atoms with Gasteiger partial charge >= 0.3 is 0 Å². The van der Waals surface area contributed by atoms with Crippen molar-refractivity contribution in [3.05, 3.63) is 38.8 Å². The maximum Gasteiger partial charge on any atom is 0.0863 e. The van der Waals surface area contributed by atoms with Gasteiger partial charge in [0.1, 0.15) is 0 Å². The molecule has 2 rings (SSSR count). The molecule has 3 nitrogen and oxygen atoms in total. The summed E-state index contributed by atoms with van der Waals surface area (Å²) in [6.45, 7) is 7.94. The Kier molecular flexibility index (Phi) is 5.02. The summed E-state index contributed by atoms with van der Waals surface area (Å²) in [5.41, 5.74) is 3.39. The highest BCUT2D eigenvalue weighted by Gasteiger charge is 2.15. The fraction of sp³-hybridized carbons (Fsp3) is 0.500. The van der Waals surface area contributed by atoms with Crippen molar-refractivity contribution >= 4 is 22.9 Å². The molecule has 2 aromatic heterocycles. The van der Waals surface area contributed by atoms with Gasteiger partial charge in [0, 0.05) is 19.1 Å². The Morgan fingerprint density at radius 1 is 1.47 bits per heavy atom. The lowest BCUT2D eigenvalue weighted by molar-refractivity contribution is 0.531. The van der Waals surface area contributed by atoms with Crippen LogP contribution in [0.2, 0.25) is 5.02 Å². The number of nitrogens with one attached hydrogen (secondary N) is 1.